The highest BCUT2D eigenvalue weighted by Crippen LogP contribution is 2.41. The normalized spacial score (nSPS) is 21.4. The Morgan fingerprint density at radius 1 is 1.31 bits per heavy atom. The molecule has 13 heavy (non-hydrogen) atoms. The third-order valence-electron chi connectivity index (χ3n) is 3.31. The van der Waals surface area contributed by atoms with E-state index in [1.165, 1.54) is 44.9 Å². The van der Waals surface area contributed by atoms with Crippen molar-refractivity contribution in [2.45, 2.75) is 51.9 Å². The number of rotatable bonds is 5. The Morgan fingerprint density at radius 2 is 2.00 bits per heavy atom. The predicted molar refractivity (Wildman–Crippen MR) is 56.7 cm³/mol. The number of unbranched alkanes of at least 4 members (excludes halogenated alkanes) is 1. The summed E-state index contributed by atoms with van der Waals surface area (Å²) in [6, 6.07) is 0. The highest BCUT2D eigenvalue weighted by molar-refractivity contribution is 4.85. The molecule has 0 aromatic rings. The summed E-state index contributed by atoms with van der Waals surface area (Å²) in [5.41, 5.74) is 0.307. The minimum Gasteiger partial charge on any atom is -0.396 e. The highest BCUT2D eigenvalue weighted by Gasteiger charge is 2.31. The lowest BCUT2D eigenvalue weighted by Crippen LogP contribution is -2.20. The van der Waals surface area contributed by atoms with Gasteiger partial charge >= 0.3 is 0 Å². The Labute approximate surface area is 81.9 Å². The van der Waals surface area contributed by atoms with E-state index in [4.69, 9.17) is 0 Å². The molecule has 0 unspecified atom stereocenters. The van der Waals surface area contributed by atoms with Crippen LogP contribution in [-0.4, -0.2) is 11.7 Å². The SMILES string of the molecule is C/C=C/CCCC1(CO)CCCC1. The summed E-state index contributed by atoms with van der Waals surface area (Å²) in [6.45, 7) is 2.47. The summed E-state index contributed by atoms with van der Waals surface area (Å²) >= 11 is 0. The molecule has 1 rings (SSSR count). The number of hydrogen-bond acceptors (Lipinski definition) is 1. The summed E-state index contributed by atoms with van der Waals surface area (Å²) in [5, 5.41) is 9.36. The second kappa shape index (κ2) is 5.43. The van der Waals surface area contributed by atoms with Gasteiger partial charge < -0.3 is 5.11 Å². The molecular formula is C12H22O. The van der Waals surface area contributed by atoms with Crippen molar-refractivity contribution in [3.8, 4) is 0 Å². The van der Waals surface area contributed by atoms with E-state index in [2.05, 4.69) is 19.1 Å². The average Bonchev–Trinajstić information content (AvgIpc) is 2.62. The Hall–Kier alpha value is -0.300. The molecular weight excluding hydrogens is 160 g/mol. The first kappa shape index (κ1) is 10.8. The molecule has 0 bridgehead atoms. The monoisotopic (exact) mass is 182 g/mol. The lowest BCUT2D eigenvalue weighted by molar-refractivity contribution is 0.119. The van der Waals surface area contributed by atoms with Gasteiger partial charge in [0.15, 0.2) is 0 Å². The van der Waals surface area contributed by atoms with E-state index in [1.807, 2.05) is 0 Å². The average molecular weight is 182 g/mol. The molecule has 1 fully saturated rings. The van der Waals surface area contributed by atoms with E-state index in [0.29, 0.717) is 12.0 Å². The van der Waals surface area contributed by atoms with Crippen LogP contribution in [0.15, 0.2) is 12.2 Å². The maximum absolute atomic E-state index is 9.36. The second-order valence-electron chi connectivity index (χ2n) is 4.33. The summed E-state index contributed by atoms with van der Waals surface area (Å²) < 4.78 is 0. The van der Waals surface area contributed by atoms with E-state index >= 15 is 0 Å². The lowest BCUT2D eigenvalue weighted by atomic mass is 9.82. The zero-order chi connectivity index (χ0) is 9.57. The van der Waals surface area contributed by atoms with Crippen molar-refractivity contribution in [2.75, 3.05) is 6.61 Å². The number of aliphatic hydroxyl groups excluding tert-OH is 1. The topological polar surface area (TPSA) is 20.2 Å². The van der Waals surface area contributed by atoms with Crippen LogP contribution in [0.25, 0.3) is 0 Å². The van der Waals surface area contributed by atoms with Gasteiger partial charge in [0.2, 0.25) is 0 Å². The third-order valence-corrected chi connectivity index (χ3v) is 3.31. The van der Waals surface area contributed by atoms with E-state index in [1.54, 1.807) is 0 Å². The molecule has 0 atom stereocenters. The molecule has 0 amide bonds. The third kappa shape index (κ3) is 3.15. The van der Waals surface area contributed by atoms with Gasteiger partial charge in [-0.1, -0.05) is 25.0 Å². The highest BCUT2D eigenvalue weighted by atomic mass is 16.3. The minimum atomic E-state index is 0.307. The van der Waals surface area contributed by atoms with Crippen molar-refractivity contribution in [1.82, 2.24) is 0 Å². The van der Waals surface area contributed by atoms with Crippen molar-refractivity contribution in [2.24, 2.45) is 5.41 Å². The Bertz CT molecular complexity index is 155. The largest absolute Gasteiger partial charge is 0.396 e. The smallest absolute Gasteiger partial charge is 0.0487 e. The van der Waals surface area contributed by atoms with Crippen LogP contribution < -0.4 is 0 Å². The van der Waals surface area contributed by atoms with Crippen LogP contribution in [0.5, 0.6) is 0 Å². The molecule has 0 aromatic heterocycles. The molecule has 0 saturated heterocycles. The van der Waals surface area contributed by atoms with E-state index in [9.17, 15) is 5.11 Å². The maximum atomic E-state index is 9.36. The van der Waals surface area contributed by atoms with Crippen LogP contribution in [0.1, 0.15) is 51.9 Å². The van der Waals surface area contributed by atoms with Gasteiger partial charge in [0.05, 0.1) is 0 Å². The summed E-state index contributed by atoms with van der Waals surface area (Å²) in [4.78, 5) is 0. The van der Waals surface area contributed by atoms with Crippen LogP contribution >= 0.6 is 0 Å². The molecule has 1 saturated carbocycles. The zero-order valence-electron chi connectivity index (χ0n) is 8.76. The predicted octanol–water partition coefficient (Wildman–Crippen LogP) is 3.29. The molecule has 1 heteroatoms. The van der Waals surface area contributed by atoms with Crippen LogP contribution in [0.2, 0.25) is 0 Å². The summed E-state index contributed by atoms with van der Waals surface area (Å²) in [6.07, 6.45) is 13.1. The van der Waals surface area contributed by atoms with Crippen molar-refractivity contribution in [1.29, 1.82) is 0 Å². The van der Waals surface area contributed by atoms with Crippen molar-refractivity contribution in [3.05, 3.63) is 12.2 Å². The lowest BCUT2D eigenvalue weighted by Gasteiger charge is -2.25. The molecule has 0 aliphatic heterocycles. The molecule has 0 spiro atoms. The molecule has 76 valence electrons. The first-order chi connectivity index (χ1) is 6.33. The molecule has 0 aromatic carbocycles. The number of allylic oxidation sites excluding steroid dienone is 2. The van der Waals surface area contributed by atoms with Crippen LogP contribution in [0, 0.1) is 5.41 Å². The standard InChI is InChI=1S/C12H22O/c1-2-3-4-5-8-12(11-13)9-6-7-10-12/h2-3,13H,4-11H2,1H3/b3-2+. The van der Waals surface area contributed by atoms with Gasteiger partial charge in [0.1, 0.15) is 0 Å². The molecule has 0 radical (unpaired) electrons. The zero-order valence-corrected chi connectivity index (χ0v) is 8.76. The molecule has 1 N–H and O–H groups in total. The Balaban J connectivity index is 2.23. The van der Waals surface area contributed by atoms with Crippen LogP contribution in [0.4, 0.5) is 0 Å². The van der Waals surface area contributed by atoms with Crippen LogP contribution in [0.3, 0.4) is 0 Å². The first-order valence-electron chi connectivity index (χ1n) is 5.55. The van der Waals surface area contributed by atoms with E-state index < -0.39 is 0 Å². The van der Waals surface area contributed by atoms with E-state index in [-0.39, 0.29) is 0 Å². The molecule has 1 aliphatic rings. The van der Waals surface area contributed by atoms with Gasteiger partial charge in [0, 0.05) is 6.61 Å². The number of hydrogen-bond donors (Lipinski definition) is 1. The molecule has 1 aliphatic carbocycles. The van der Waals surface area contributed by atoms with Gasteiger partial charge in [0.25, 0.3) is 0 Å². The Morgan fingerprint density at radius 3 is 2.54 bits per heavy atom. The van der Waals surface area contributed by atoms with Gasteiger partial charge in [-0.25, -0.2) is 0 Å². The maximum Gasteiger partial charge on any atom is 0.0487 e. The molecule has 1 nitrogen and oxygen atoms in total. The molecule has 0 heterocycles. The summed E-state index contributed by atoms with van der Waals surface area (Å²) in [7, 11) is 0. The van der Waals surface area contributed by atoms with Gasteiger partial charge in [-0.2, -0.15) is 0 Å². The quantitative estimate of drug-likeness (QED) is 0.511. The van der Waals surface area contributed by atoms with Gasteiger partial charge in [-0.05, 0) is 44.4 Å². The van der Waals surface area contributed by atoms with Gasteiger partial charge in [-0.3, -0.25) is 0 Å². The van der Waals surface area contributed by atoms with Crippen molar-refractivity contribution >= 4 is 0 Å². The van der Waals surface area contributed by atoms with E-state index in [0.717, 1.165) is 0 Å². The minimum absolute atomic E-state index is 0.307. The fourth-order valence-electron chi connectivity index (χ4n) is 2.37. The second-order valence-corrected chi connectivity index (χ2v) is 4.33. The Kier molecular flexibility index (Phi) is 4.51. The fourth-order valence-corrected chi connectivity index (χ4v) is 2.37. The van der Waals surface area contributed by atoms with Gasteiger partial charge in [-0.15, -0.1) is 0 Å². The first-order valence-corrected chi connectivity index (χ1v) is 5.55. The van der Waals surface area contributed by atoms with Crippen molar-refractivity contribution in [3.63, 3.8) is 0 Å². The number of aliphatic hydroxyl groups is 1. The fraction of sp³-hybridized carbons (Fsp3) is 0.833. The van der Waals surface area contributed by atoms with Crippen molar-refractivity contribution < 1.29 is 5.11 Å². The van der Waals surface area contributed by atoms with Crippen LogP contribution in [-0.2, 0) is 0 Å². The summed E-state index contributed by atoms with van der Waals surface area (Å²) in [5.74, 6) is 0.